The number of hydrogen-bond donors (Lipinski definition) is 0. The average Bonchev–Trinajstić information content (AvgIpc) is 3.14. The Morgan fingerprint density at radius 3 is 2.39 bits per heavy atom. The number of aromatic nitrogens is 1. The summed E-state index contributed by atoms with van der Waals surface area (Å²) in [6.07, 6.45) is 0. The summed E-state index contributed by atoms with van der Waals surface area (Å²) in [4.78, 5) is 4.59. The van der Waals surface area contributed by atoms with Gasteiger partial charge in [-0.25, -0.2) is 4.98 Å². The van der Waals surface area contributed by atoms with Crippen LogP contribution in [-0.4, -0.2) is 4.98 Å². The Bertz CT molecular complexity index is 1100. The Balaban J connectivity index is 1.54. The number of rotatable bonds is 5. The molecule has 0 aliphatic rings. The van der Waals surface area contributed by atoms with E-state index >= 15 is 0 Å². The lowest BCUT2D eigenvalue weighted by atomic mass is 10.0. The number of ether oxygens (including phenoxy) is 1. The van der Waals surface area contributed by atoms with Gasteiger partial charge in [0.2, 0.25) is 0 Å². The van der Waals surface area contributed by atoms with Crippen LogP contribution in [0.15, 0.2) is 72.1 Å². The van der Waals surface area contributed by atoms with Crippen molar-refractivity contribution in [2.75, 3.05) is 0 Å². The first kappa shape index (κ1) is 18.7. The molecular formula is C24H20ClNOS. The van der Waals surface area contributed by atoms with Gasteiger partial charge in [-0.05, 0) is 60.4 Å². The van der Waals surface area contributed by atoms with E-state index in [0.717, 1.165) is 32.6 Å². The van der Waals surface area contributed by atoms with Crippen LogP contribution in [0.5, 0.6) is 5.75 Å². The smallest absolute Gasteiger partial charge is 0.129 e. The summed E-state index contributed by atoms with van der Waals surface area (Å²) < 4.78 is 6.18. The fourth-order valence-corrected chi connectivity index (χ4v) is 3.87. The minimum Gasteiger partial charge on any atom is -0.488 e. The van der Waals surface area contributed by atoms with Crippen molar-refractivity contribution in [1.29, 1.82) is 0 Å². The van der Waals surface area contributed by atoms with E-state index in [1.165, 1.54) is 16.7 Å². The maximum atomic E-state index is 6.18. The standard InChI is InChI=1S/C24H20ClNOS/c1-16-13-19(18-9-11-21(25)12-10-18)7-8-20(16)14-27-24-6-4-3-5-22(24)23-15-28-17(2)26-23/h3-13,15H,14H2,1-2H3. The molecule has 2 nitrogen and oxygen atoms in total. The number of thiazole rings is 1. The van der Waals surface area contributed by atoms with Crippen LogP contribution in [-0.2, 0) is 6.61 Å². The van der Waals surface area contributed by atoms with Crippen LogP contribution in [0.3, 0.4) is 0 Å². The minimum absolute atomic E-state index is 0.521. The van der Waals surface area contributed by atoms with Gasteiger partial charge in [-0.1, -0.05) is 54.1 Å². The van der Waals surface area contributed by atoms with E-state index in [1.54, 1.807) is 11.3 Å². The summed E-state index contributed by atoms with van der Waals surface area (Å²) in [6, 6.07) is 22.4. The monoisotopic (exact) mass is 405 g/mol. The normalized spacial score (nSPS) is 10.8. The van der Waals surface area contributed by atoms with Crippen LogP contribution < -0.4 is 4.74 Å². The highest BCUT2D eigenvalue weighted by Gasteiger charge is 2.10. The largest absolute Gasteiger partial charge is 0.488 e. The van der Waals surface area contributed by atoms with Gasteiger partial charge in [0.1, 0.15) is 12.4 Å². The fraction of sp³-hybridized carbons (Fsp3) is 0.125. The second-order valence-electron chi connectivity index (χ2n) is 6.68. The molecule has 140 valence electrons. The molecule has 0 spiro atoms. The molecule has 0 N–H and O–H groups in total. The van der Waals surface area contributed by atoms with Crippen LogP contribution in [0, 0.1) is 13.8 Å². The van der Waals surface area contributed by atoms with Crippen molar-refractivity contribution >= 4 is 22.9 Å². The lowest BCUT2D eigenvalue weighted by Gasteiger charge is -2.13. The molecule has 4 aromatic rings. The first-order valence-corrected chi connectivity index (χ1v) is 10.4. The zero-order valence-electron chi connectivity index (χ0n) is 15.8. The predicted molar refractivity (Wildman–Crippen MR) is 118 cm³/mol. The highest BCUT2D eigenvalue weighted by molar-refractivity contribution is 7.09. The number of benzene rings is 3. The quantitative estimate of drug-likeness (QED) is 0.347. The molecule has 0 fully saturated rings. The maximum absolute atomic E-state index is 6.18. The Labute approximate surface area is 174 Å². The number of aryl methyl sites for hydroxylation is 2. The van der Waals surface area contributed by atoms with Crippen molar-refractivity contribution < 1.29 is 4.74 Å². The van der Waals surface area contributed by atoms with Crippen LogP contribution >= 0.6 is 22.9 Å². The van der Waals surface area contributed by atoms with Gasteiger partial charge < -0.3 is 4.74 Å². The number of halogens is 1. The third-order valence-electron chi connectivity index (χ3n) is 4.69. The first-order valence-electron chi connectivity index (χ1n) is 9.10. The molecule has 1 heterocycles. The zero-order chi connectivity index (χ0) is 19.5. The van der Waals surface area contributed by atoms with Gasteiger partial charge in [0, 0.05) is 16.0 Å². The molecular weight excluding hydrogens is 386 g/mol. The van der Waals surface area contributed by atoms with Gasteiger partial charge in [-0.15, -0.1) is 11.3 Å². The fourth-order valence-electron chi connectivity index (χ4n) is 3.13. The number of nitrogens with zero attached hydrogens (tertiary/aromatic N) is 1. The SMILES string of the molecule is Cc1nc(-c2ccccc2OCc2ccc(-c3ccc(Cl)cc3)cc2C)cs1. The summed E-state index contributed by atoms with van der Waals surface area (Å²) in [7, 11) is 0. The molecule has 0 bridgehead atoms. The van der Waals surface area contributed by atoms with Gasteiger partial charge in [0.05, 0.1) is 10.7 Å². The molecule has 0 radical (unpaired) electrons. The van der Waals surface area contributed by atoms with E-state index in [0.29, 0.717) is 6.61 Å². The molecule has 4 rings (SSSR count). The van der Waals surface area contributed by atoms with Crippen molar-refractivity contribution in [3.8, 4) is 28.1 Å². The van der Waals surface area contributed by atoms with Crippen LogP contribution in [0.1, 0.15) is 16.1 Å². The molecule has 1 aromatic heterocycles. The zero-order valence-corrected chi connectivity index (χ0v) is 17.3. The van der Waals surface area contributed by atoms with E-state index in [4.69, 9.17) is 16.3 Å². The number of hydrogen-bond acceptors (Lipinski definition) is 3. The summed E-state index contributed by atoms with van der Waals surface area (Å²) >= 11 is 7.64. The molecule has 28 heavy (non-hydrogen) atoms. The van der Waals surface area contributed by atoms with E-state index in [-0.39, 0.29) is 0 Å². The van der Waals surface area contributed by atoms with Gasteiger partial charge in [0.15, 0.2) is 0 Å². The summed E-state index contributed by atoms with van der Waals surface area (Å²) in [5.41, 5.74) is 6.70. The predicted octanol–water partition coefficient (Wildman–Crippen LogP) is 7.33. The van der Waals surface area contributed by atoms with Crippen LogP contribution in [0.2, 0.25) is 5.02 Å². The molecule has 0 atom stereocenters. The third-order valence-corrected chi connectivity index (χ3v) is 5.71. The summed E-state index contributed by atoms with van der Waals surface area (Å²) in [5, 5.41) is 3.88. The van der Waals surface area contributed by atoms with Gasteiger partial charge in [-0.3, -0.25) is 0 Å². The molecule has 4 heteroatoms. The van der Waals surface area contributed by atoms with Crippen LogP contribution in [0.25, 0.3) is 22.4 Å². The Morgan fingerprint density at radius 2 is 1.68 bits per heavy atom. The Kier molecular flexibility index (Phi) is 5.47. The lowest BCUT2D eigenvalue weighted by molar-refractivity contribution is 0.306. The maximum Gasteiger partial charge on any atom is 0.129 e. The van der Waals surface area contributed by atoms with E-state index in [9.17, 15) is 0 Å². The molecule has 0 saturated carbocycles. The highest BCUT2D eigenvalue weighted by Crippen LogP contribution is 2.31. The summed E-state index contributed by atoms with van der Waals surface area (Å²) in [5.74, 6) is 0.856. The first-order chi connectivity index (χ1) is 13.6. The van der Waals surface area contributed by atoms with Gasteiger partial charge >= 0.3 is 0 Å². The Morgan fingerprint density at radius 1 is 0.929 bits per heavy atom. The molecule has 0 amide bonds. The lowest BCUT2D eigenvalue weighted by Crippen LogP contribution is -1.99. The molecule has 3 aromatic carbocycles. The van der Waals surface area contributed by atoms with Crippen molar-refractivity contribution in [2.45, 2.75) is 20.5 Å². The Hall–Kier alpha value is -2.62. The second-order valence-corrected chi connectivity index (χ2v) is 8.18. The third kappa shape index (κ3) is 4.11. The topological polar surface area (TPSA) is 22.1 Å². The highest BCUT2D eigenvalue weighted by atomic mass is 35.5. The van der Waals surface area contributed by atoms with Gasteiger partial charge in [-0.2, -0.15) is 0 Å². The molecule has 0 unspecified atom stereocenters. The van der Waals surface area contributed by atoms with E-state index < -0.39 is 0 Å². The average molecular weight is 406 g/mol. The molecule has 0 aliphatic heterocycles. The van der Waals surface area contributed by atoms with E-state index in [2.05, 4.69) is 41.6 Å². The molecule has 0 saturated heterocycles. The molecule has 0 aliphatic carbocycles. The summed E-state index contributed by atoms with van der Waals surface area (Å²) in [6.45, 7) is 4.66. The van der Waals surface area contributed by atoms with Crippen molar-refractivity contribution in [3.05, 3.63) is 93.3 Å². The second kappa shape index (κ2) is 8.17. The van der Waals surface area contributed by atoms with Crippen molar-refractivity contribution in [2.24, 2.45) is 0 Å². The number of para-hydroxylation sites is 1. The minimum atomic E-state index is 0.521. The van der Waals surface area contributed by atoms with Crippen LogP contribution in [0.4, 0.5) is 0 Å². The van der Waals surface area contributed by atoms with E-state index in [1.807, 2.05) is 49.4 Å². The van der Waals surface area contributed by atoms with Crippen molar-refractivity contribution in [3.63, 3.8) is 0 Å². The van der Waals surface area contributed by atoms with Crippen molar-refractivity contribution in [1.82, 2.24) is 4.98 Å². The van der Waals surface area contributed by atoms with Gasteiger partial charge in [0.25, 0.3) is 0 Å².